The minimum atomic E-state index is -0.0586. The Bertz CT molecular complexity index is 753. The standard InChI is InChI=1S/C20H24N2O3/c1-25-18-9-5-2-6-13(18)12-10-16(23)19(17(24)11-12)20-21-14-7-3-4-8-15(14)22-20/h2,5-6,9,12,14-15,23H,3-4,7-8,10-11H2,1H3,(H,21,22)/t12?,14-,15-/m1/s1. The Kier molecular flexibility index (Phi) is 4.24. The van der Waals surface area contributed by atoms with Crippen molar-refractivity contribution in [2.24, 2.45) is 4.99 Å². The first kappa shape index (κ1) is 16.2. The maximum Gasteiger partial charge on any atom is 0.170 e. The molecule has 0 spiro atoms. The van der Waals surface area contributed by atoms with Crippen LogP contribution in [0, 0.1) is 0 Å². The summed E-state index contributed by atoms with van der Waals surface area (Å²) in [6, 6.07) is 8.28. The Morgan fingerprint density at radius 3 is 2.76 bits per heavy atom. The Hall–Kier alpha value is -2.30. The predicted molar refractivity (Wildman–Crippen MR) is 96.2 cm³/mol. The van der Waals surface area contributed by atoms with E-state index in [0.29, 0.717) is 30.3 Å². The largest absolute Gasteiger partial charge is 0.511 e. The van der Waals surface area contributed by atoms with Crippen LogP contribution in [-0.4, -0.2) is 35.9 Å². The maximum atomic E-state index is 12.8. The average molecular weight is 340 g/mol. The molecule has 5 nitrogen and oxygen atoms in total. The van der Waals surface area contributed by atoms with E-state index in [9.17, 15) is 9.90 Å². The van der Waals surface area contributed by atoms with Crippen molar-refractivity contribution < 1.29 is 14.6 Å². The summed E-state index contributed by atoms with van der Waals surface area (Å²) in [4.78, 5) is 17.5. The van der Waals surface area contributed by atoms with E-state index in [1.54, 1.807) is 7.11 Å². The van der Waals surface area contributed by atoms with Gasteiger partial charge < -0.3 is 15.2 Å². The molecule has 1 saturated carbocycles. The lowest BCUT2D eigenvalue weighted by molar-refractivity contribution is -0.116. The van der Waals surface area contributed by atoms with Gasteiger partial charge in [-0.05, 0) is 24.5 Å². The molecule has 1 fully saturated rings. The molecule has 0 bridgehead atoms. The van der Waals surface area contributed by atoms with Crippen LogP contribution in [0.2, 0.25) is 0 Å². The highest BCUT2D eigenvalue weighted by Gasteiger charge is 2.38. The number of ether oxygens (including phenoxy) is 1. The van der Waals surface area contributed by atoms with Gasteiger partial charge in [-0.3, -0.25) is 9.79 Å². The number of aliphatic hydroxyl groups is 1. The summed E-state index contributed by atoms with van der Waals surface area (Å²) < 4.78 is 5.41. The number of para-hydroxylation sites is 1. The van der Waals surface area contributed by atoms with Crippen LogP contribution >= 0.6 is 0 Å². The van der Waals surface area contributed by atoms with Gasteiger partial charge in [0.05, 0.1) is 18.7 Å². The van der Waals surface area contributed by atoms with E-state index in [1.807, 2.05) is 24.3 Å². The number of nitrogens with one attached hydrogen (secondary N) is 1. The summed E-state index contributed by atoms with van der Waals surface area (Å²) in [7, 11) is 1.63. The third-order valence-electron chi connectivity index (χ3n) is 5.60. The number of aliphatic hydroxyl groups excluding tert-OH is 1. The number of Topliss-reactive ketones (excluding diaryl/α,β-unsaturated/α-hetero) is 1. The Morgan fingerprint density at radius 2 is 2.00 bits per heavy atom. The molecule has 25 heavy (non-hydrogen) atoms. The van der Waals surface area contributed by atoms with Gasteiger partial charge in [0.2, 0.25) is 0 Å². The number of carbonyl (C=O) groups is 1. The topological polar surface area (TPSA) is 70.9 Å². The van der Waals surface area contributed by atoms with Gasteiger partial charge in [0.25, 0.3) is 0 Å². The van der Waals surface area contributed by atoms with Crippen LogP contribution in [0.1, 0.15) is 50.0 Å². The van der Waals surface area contributed by atoms with Crippen LogP contribution in [0.5, 0.6) is 5.75 Å². The van der Waals surface area contributed by atoms with Crippen molar-refractivity contribution in [2.75, 3.05) is 7.11 Å². The molecule has 4 rings (SSSR count). The molecule has 3 aliphatic rings. The van der Waals surface area contributed by atoms with Crippen molar-refractivity contribution in [1.29, 1.82) is 0 Å². The molecule has 0 saturated heterocycles. The van der Waals surface area contributed by atoms with E-state index in [0.717, 1.165) is 24.2 Å². The quantitative estimate of drug-likeness (QED) is 0.886. The van der Waals surface area contributed by atoms with E-state index in [2.05, 4.69) is 5.32 Å². The molecule has 5 heteroatoms. The minimum absolute atomic E-state index is 0.0375. The van der Waals surface area contributed by atoms with Crippen LogP contribution in [0.25, 0.3) is 0 Å². The lowest BCUT2D eigenvalue weighted by Gasteiger charge is -2.26. The Balaban J connectivity index is 1.60. The fraction of sp³-hybridized carbons (Fsp3) is 0.500. The number of fused-ring (bicyclic) bond motifs is 1. The fourth-order valence-electron chi connectivity index (χ4n) is 4.34. The highest BCUT2D eigenvalue weighted by Crippen LogP contribution is 2.38. The maximum absolute atomic E-state index is 12.8. The SMILES string of the molecule is COc1ccccc1C1CC(=O)C(C2=N[C@@H]3CCCC[C@H]3N2)=C(O)C1. The summed E-state index contributed by atoms with van der Waals surface area (Å²) in [5, 5.41) is 14.0. The molecule has 132 valence electrons. The van der Waals surface area contributed by atoms with Crippen molar-refractivity contribution >= 4 is 11.6 Å². The first-order valence-corrected chi connectivity index (χ1v) is 9.10. The number of hydrogen-bond acceptors (Lipinski definition) is 5. The molecule has 0 radical (unpaired) electrons. The molecule has 1 aliphatic heterocycles. The van der Waals surface area contributed by atoms with Gasteiger partial charge >= 0.3 is 0 Å². The van der Waals surface area contributed by atoms with E-state index < -0.39 is 0 Å². The summed E-state index contributed by atoms with van der Waals surface area (Å²) in [6.07, 6.45) is 5.35. The molecule has 1 aromatic carbocycles. The predicted octanol–water partition coefficient (Wildman–Crippen LogP) is 3.27. The number of allylic oxidation sites excluding steroid dienone is 1. The number of amidine groups is 1. The van der Waals surface area contributed by atoms with Crippen molar-refractivity contribution in [2.45, 2.75) is 56.5 Å². The summed E-state index contributed by atoms with van der Waals surface area (Å²) in [6.45, 7) is 0. The molecule has 0 amide bonds. The van der Waals surface area contributed by atoms with Crippen LogP contribution in [0.15, 0.2) is 40.6 Å². The number of hydrogen-bond donors (Lipinski definition) is 2. The average Bonchev–Trinajstić information content (AvgIpc) is 3.04. The highest BCUT2D eigenvalue weighted by atomic mass is 16.5. The van der Waals surface area contributed by atoms with Crippen LogP contribution in [0.3, 0.4) is 0 Å². The smallest absolute Gasteiger partial charge is 0.170 e. The number of rotatable bonds is 3. The van der Waals surface area contributed by atoms with Gasteiger partial charge in [0, 0.05) is 24.8 Å². The fourth-order valence-corrected chi connectivity index (χ4v) is 4.34. The first-order chi connectivity index (χ1) is 12.2. The summed E-state index contributed by atoms with van der Waals surface area (Å²) in [5.74, 6) is 1.43. The molecular weight excluding hydrogens is 316 g/mol. The number of ketones is 1. The zero-order valence-corrected chi connectivity index (χ0v) is 14.5. The van der Waals surface area contributed by atoms with Gasteiger partial charge in [-0.1, -0.05) is 31.0 Å². The molecular formula is C20H24N2O3. The third kappa shape index (κ3) is 2.92. The third-order valence-corrected chi connectivity index (χ3v) is 5.60. The van der Waals surface area contributed by atoms with Gasteiger partial charge in [-0.25, -0.2) is 0 Å². The normalized spacial score (nSPS) is 29.1. The van der Waals surface area contributed by atoms with E-state index in [4.69, 9.17) is 9.73 Å². The first-order valence-electron chi connectivity index (χ1n) is 9.10. The Labute approximate surface area is 147 Å². The molecule has 0 aromatic heterocycles. The van der Waals surface area contributed by atoms with Gasteiger partial charge in [0.15, 0.2) is 5.78 Å². The molecule has 1 unspecified atom stereocenters. The zero-order valence-electron chi connectivity index (χ0n) is 14.5. The summed E-state index contributed by atoms with van der Waals surface area (Å²) in [5.41, 5.74) is 1.37. The number of aliphatic imine (C=N–C) groups is 1. The van der Waals surface area contributed by atoms with Crippen molar-refractivity contribution in [3.63, 3.8) is 0 Å². The number of carbonyl (C=O) groups excluding carboxylic acids is 1. The number of nitrogens with zero attached hydrogens (tertiary/aromatic N) is 1. The van der Waals surface area contributed by atoms with Crippen molar-refractivity contribution in [3.05, 3.63) is 41.2 Å². The highest BCUT2D eigenvalue weighted by molar-refractivity contribution is 6.23. The molecule has 2 N–H and O–H groups in total. The second-order valence-corrected chi connectivity index (χ2v) is 7.17. The monoisotopic (exact) mass is 340 g/mol. The second kappa shape index (κ2) is 6.54. The Morgan fingerprint density at radius 1 is 1.20 bits per heavy atom. The molecule has 3 atom stereocenters. The molecule has 2 aliphatic carbocycles. The molecule has 1 aromatic rings. The van der Waals surface area contributed by atoms with Crippen LogP contribution in [0.4, 0.5) is 0 Å². The van der Waals surface area contributed by atoms with Crippen molar-refractivity contribution in [1.82, 2.24) is 5.32 Å². The van der Waals surface area contributed by atoms with Crippen molar-refractivity contribution in [3.8, 4) is 5.75 Å². The minimum Gasteiger partial charge on any atom is -0.511 e. The lowest BCUT2D eigenvalue weighted by Crippen LogP contribution is -2.39. The van der Waals surface area contributed by atoms with Gasteiger partial charge in [0.1, 0.15) is 17.3 Å². The van der Waals surface area contributed by atoms with Crippen LogP contribution in [-0.2, 0) is 4.79 Å². The second-order valence-electron chi connectivity index (χ2n) is 7.17. The van der Waals surface area contributed by atoms with E-state index in [1.165, 1.54) is 12.8 Å². The zero-order chi connectivity index (χ0) is 17.4. The summed E-state index contributed by atoms with van der Waals surface area (Å²) >= 11 is 0. The van der Waals surface area contributed by atoms with E-state index in [-0.39, 0.29) is 23.5 Å². The van der Waals surface area contributed by atoms with Crippen LogP contribution < -0.4 is 10.1 Å². The number of benzene rings is 1. The van der Waals surface area contributed by atoms with E-state index >= 15 is 0 Å². The van der Waals surface area contributed by atoms with Gasteiger partial charge in [-0.2, -0.15) is 0 Å². The molecule has 1 heterocycles. The van der Waals surface area contributed by atoms with Gasteiger partial charge in [-0.15, -0.1) is 0 Å². The lowest BCUT2D eigenvalue weighted by atomic mass is 9.82. The number of methoxy groups -OCH3 is 1.